The highest BCUT2D eigenvalue weighted by Gasteiger charge is 2.61. The number of hydrogen-bond donors (Lipinski definition) is 2. The zero-order valence-electron chi connectivity index (χ0n) is 10.5. The molecule has 1 atom stereocenters. The van der Waals surface area contributed by atoms with Crippen molar-refractivity contribution in [3.05, 3.63) is 0 Å². The molecule has 9 heteroatoms. The molecule has 1 heterocycles. The average molecular weight is 302 g/mol. The van der Waals surface area contributed by atoms with Gasteiger partial charge < -0.3 is 10.6 Å². The monoisotopic (exact) mass is 302 g/mol. The molecule has 0 aromatic carbocycles. The number of hydrogen-bond acceptors (Lipinski definition) is 4. The molecule has 5 nitrogen and oxygen atoms in total. The van der Waals surface area contributed by atoms with Gasteiger partial charge in [-0.1, -0.05) is 0 Å². The number of halogens is 3. The molecule has 0 bridgehead atoms. The Labute approximate surface area is 109 Å². The molecule has 1 aliphatic rings. The van der Waals surface area contributed by atoms with E-state index in [1.54, 1.807) is 0 Å². The summed E-state index contributed by atoms with van der Waals surface area (Å²) in [6.45, 7) is -0.381. The van der Waals surface area contributed by atoms with Gasteiger partial charge in [0.1, 0.15) is 9.84 Å². The summed E-state index contributed by atoms with van der Waals surface area (Å²) in [6.07, 6.45) is -3.77. The van der Waals surface area contributed by atoms with Crippen molar-refractivity contribution in [2.75, 3.05) is 31.6 Å². The van der Waals surface area contributed by atoms with Crippen molar-refractivity contribution >= 4 is 15.7 Å². The van der Waals surface area contributed by atoms with Gasteiger partial charge in [-0.25, -0.2) is 8.42 Å². The molecule has 1 rings (SSSR count). The standard InChI is InChI=1S/C10H17F3N2O3S/c1-19(17,18)6-2-4-15-8(16)9(10(11,12)13)3-5-14-7-9/h14H,2-7H2,1H3,(H,15,16). The third-order valence-corrected chi connectivity index (χ3v) is 4.14. The summed E-state index contributed by atoms with van der Waals surface area (Å²) in [4.78, 5) is 11.7. The molecule has 1 aliphatic heterocycles. The van der Waals surface area contributed by atoms with Crippen LogP contribution in [-0.4, -0.2) is 52.1 Å². The second kappa shape index (κ2) is 5.66. The molecule has 1 fully saturated rings. The molecular weight excluding hydrogens is 285 g/mol. The van der Waals surface area contributed by atoms with Crippen molar-refractivity contribution < 1.29 is 26.4 Å². The van der Waals surface area contributed by atoms with E-state index in [0.29, 0.717) is 0 Å². The van der Waals surface area contributed by atoms with E-state index in [9.17, 15) is 26.4 Å². The fourth-order valence-electron chi connectivity index (χ4n) is 1.96. The van der Waals surface area contributed by atoms with Crippen LogP contribution in [0.25, 0.3) is 0 Å². The second-order valence-electron chi connectivity index (χ2n) is 4.75. The van der Waals surface area contributed by atoms with Crippen molar-refractivity contribution in [2.24, 2.45) is 5.41 Å². The van der Waals surface area contributed by atoms with Crippen LogP contribution in [0.15, 0.2) is 0 Å². The second-order valence-corrected chi connectivity index (χ2v) is 7.01. The third kappa shape index (κ3) is 4.07. The molecule has 2 N–H and O–H groups in total. The fraction of sp³-hybridized carbons (Fsp3) is 0.900. The van der Waals surface area contributed by atoms with Crippen LogP contribution in [0.2, 0.25) is 0 Å². The van der Waals surface area contributed by atoms with Gasteiger partial charge in [0.15, 0.2) is 5.41 Å². The zero-order valence-corrected chi connectivity index (χ0v) is 11.3. The maximum Gasteiger partial charge on any atom is 0.404 e. The van der Waals surface area contributed by atoms with Crippen LogP contribution in [0.5, 0.6) is 0 Å². The van der Waals surface area contributed by atoms with Gasteiger partial charge >= 0.3 is 6.18 Å². The molecule has 0 aromatic heterocycles. The summed E-state index contributed by atoms with van der Waals surface area (Å²) < 4.78 is 60.6. The number of alkyl halides is 3. The summed E-state index contributed by atoms with van der Waals surface area (Å²) in [5, 5.41) is 4.72. The summed E-state index contributed by atoms with van der Waals surface area (Å²) in [5.74, 6) is -1.25. The Bertz CT molecular complexity index is 428. The molecule has 19 heavy (non-hydrogen) atoms. The number of sulfone groups is 1. The van der Waals surface area contributed by atoms with Crippen LogP contribution in [0.4, 0.5) is 13.2 Å². The van der Waals surface area contributed by atoms with E-state index >= 15 is 0 Å². The van der Waals surface area contributed by atoms with Gasteiger partial charge in [-0.2, -0.15) is 13.2 Å². The van der Waals surface area contributed by atoms with Gasteiger partial charge in [0, 0.05) is 19.3 Å². The maximum atomic E-state index is 13.0. The number of carbonyl (C=O) groups excluding carboxylic acids is 1. The van der Waals surface area contributed by atoms with E-state index in [4.69, 9.17) is 0 Å². The van der Waals surface area contributed by atoms with E-state index in [2.05, 4.69) is 10.6 Å². The van der Waals surface area contributed by atoms with E-state index < -0.39 is 33.9 Å². The average Bonchev–Trinajstić information content (AvgIpc) is 2.72. The Morgan fingerprint density at radius 2 is 2.05 bits per heavy atom. The first kappa shape index (κ1) is 16.2. The quantitative estimate of drug-likeness (QED) is 0.705. The Morgan fingerprint density at radius 3 is 2.47 bits per heavy atom. The molecule has 0 radical (unpaired) electrons. The minimum absolute atomic E-state index is 0.0796. The predicted molar refractivity (Wildman–Crippen MR) is 63.3 cm³/mol. The first-order valence-corrected chi connectivity index (χ1v) is 7.88. The van der Waals surface area contributed by atoms with Gasteiger partial charge in [0.25, 0.3) is 0 Å². The van der Waals surface area contributed by atoms with Gasteiger partial charge in [0.05, 0.1) is 5.75 Å². The summed E-state index contributed by atoms with van der Waals surface area (Å²) in [7, 11) is -3.17. The minimum Gasteiger partial charge on any atom is -0.355 e. The van der Waals surface area contributed by atoms with E-state index in [1.165, 1.54) is 0 Å². The topological polar surface area (TPSA) is 75.3 Å². The highest BCUT2D eigenvalue weighted by Crippen LogP contribution is 2.43. The van der Waals surface area contributed by atoms with Crippen molar-refractivity contribution in [1.82, 2.24) is 10.6 Å². The summed E-state index contributed by atoms with van der Waals surface area (Å²) in [5.41, 5.74) is -2.39. The van der Waals surface area contributed by atoms with E-state index in [0.717, 1.165) is 6.26 Å². The Balaban J connectivity index is 2.56. The molecule has 0 spiro atoms. The lowest BCUT2D eigenvalue weighted by Gasteiger charge is -2.29. The first-order valence-electron chi connectivity index (χ1n) is 5.82. The van der Waals surface area contributed by atoms with E-state index in [-0.39, 0.29) is 31.7 Å². The lowest BCUT2D eigenvalue weighted by molar-refractivity contribution is -0.216. The summed E-state index contributed by atoms with van der Waals surface area (Å²) in [6, 6.07) is 0. The molecule has 1 amide bonds. The van der Waals surface area contributed by atoms with Crippen LogP contribution < -0.4 is 10.6 Å². The lowest BCUT2D eigenvalue weighted by atomic mass is 9.85. The smallest absolute Gasteiger partial charge is 0.355 e. The van der Waals surface area contributed by atoms with Crippen molar-refractivity contribution in [1.29, 1.82) is 0 Å². The van der Waals surface area contributed by atoms with E-state index in [1.807, 2.05) is 0 Å². The van der Waals surface area contributed by atoms with Gasteiger partial charge in [-0.05, 0) is 19.4 Å². The van der Waals surface area contributed by atoms with Crippen LogP contribution >= 0.6 is 0 Å². The van der Waals surface area contributed by atoms with Crippen molar-refractivity contribution in [3.8, 4) is 0 Å². The zero-order chi connectivity index (χ0) is 14.7. The fourth-order valence-corrected chi connectivity index (χ4v) is 2.63. The van der Waals surface area contributed by atoms with Gasteiger partial charge in [0.2, 0.25) is 5.91 Å². The van der Waals surface area contributed by atoms with Crippen LogP contribution in [0.1, 0.15) is 12.8 Å². The molecule has 112 valence electrons. The number of rotatable bonds is 5. The molecule has 1 unspecified atom stereocenters. The highest BCUT2D eigenvalue weighted by molar-refractivity contribution is 7.90. The Kier molecular flexibility index (Phi) is 4.83. The van der Waals surface area contributed by atoms with Gasteiger partial charge in [-0.3, -0.25) is 4.79 Å². The Morgan fingerprint density at radius 1 is 1.42 bits per heavy atom. The minimum atomic E-state index is -4.61. The normalized spacial score (nSPS) is 24.4. The van der Waals surface area contributed by atoms with Crippen LogP contribution in [-0.2, 0) is 14.6 Å². The maximum absolute atomic E-state index is 13.0. The van der Waals surface area contributed by atoms with Gasteiger partial charge in [-0.15, -0.1) is 0 Å². The number of amides is 1. The summed E-state index contributed by atoms with van der Waals surface area (Å²) >= 11 is 0. The molecule has 0 aromatic rings. The lowest BCUT2D eigenvalue weighted by Crippen LogP contribution is -2.52. The third-order valence-electron chi connectivity index (χ3n) is 3.11. The SMILES string of the molecule is CS(=O)(=O)CCCNC(=O)C1(C(F)(F)F)CCNC1. The van der Waals surface area contributed by atoms with Crippen molar-refractivity contribution in [2.45, 2.75) is 19.0 Å². The Hall–Kier alpha value is -0.830. The number of nitrogens with one attached hydrogen (secondary N) is 2. The molecule has 0 saturated carbocycles. The largest absolute Gasteiger partial charge is 0.404 e. The van der Waals surface area contributed by atoms with Crippen LogP contribution in [0.3, 0.4) is 0 Å². The number of carbonyl (C=O) groups is 1. The molecular formula is C10H17F3N2O3S. The first-order chi connectivity index (χ1) is 8.58. The highest BCUT2D eigenvalue weighted by atomic mass is 32.2. The van der Waals surface area contributed by atoms with Crippen LogP contribution in [0, 0.1) is 5.41 Å². The predicted octanol–water partition coefficient (Wildman–Crippen LogP) is 0.0793. The molecule has 0 aliphatic carbocycles. The molecule has 1 saturated heterocycles. The van der Waals surface area contributed by atoms with Crippen molar-refractivity contribution in [3.63, 3.8) is 0 Å².